The number of piperazine rings is 1. The Labute approximate surface area is 118 Å². The number of benzene rings is 1. The number of nitrogens with one attached hydrogen (secondary N) is 1. The van der Waals surface area contributed by atoms with E-state index in [9.17, 15) is 18.5 Å². The van der Waals surface area contributed by atoms with Gasteiger partial charge < -0.3 is 4.90 Å². The summed E-state index contributed by atoms with van der Waals surface area (Å²) in [4.78, 5) is 11.5. The highest BCUT2D eigenvalue weighted by Gasteiger charge is 2.29. The van der Waals surface area contributed by atoms with Crippen molar-refractivity contribution >= 4 is 15.7 Å². The van der Waals surface area contributed by atoms with Gasteiger partial charge in [-0.2, -0.15) is 4.31 Å². The van der Waals surface area contributed by atoms with Crippen molar-refractivity contribution in [1.82, 2.24) is 4.31 Å². The van der Waals surface area contributed by atoms with Crippen LogP contribution in [0.1, 0.15) is 6.92 Å². The third-order valence-electron chi connectivity index (χ3n) is 3.61. The van der Waals surface area contributed by atoms with Crippen LogP contribution in [0.25, 0.3) is 0 Å². The summed E-state index contributed by atoms with van der Waals surface area (Å²) in [6.07, 6.45) is 0. The Balaban J connectivity index is 2.16. The topological polar surface area (TPSA) is 85.0 Å². The Morgan fingerprint density at radius 3 is 2.25 bits per heavy atom. The number of nitrogens with zero attached hydrogens (tertiary/aromatic N) is 2. The number of nitro benzene ring substituents is 1. The largest absolute Gasteiger partial charge is 0.333 e. The molecule has 0 unspecified atom stereocenters. The molecule has 0 spiro atoms. The number of hydrogen-bond acceptors (Lipinski definition) is 4. The van der Waals surface area contributed by atoms with Crippen molar-refractivity contribution in [2.45, 2.75) is 11.8 Å². The molecule has 2 rings (SSSR count). The van der Waals surface area contributed by atoms with E-state index in [-0.39, 0.29) is 10.6 Å². The van der Waals surface area contributed by atoms with Gasteiger partial charge in [0.1, 0.15) is 0 Å². The molecular weight excluding hydrogens is 282 g/mol. The van der Waals surface area contributed by atoms with E-state index in [1.54, 1.807) is 0 Å². The van der Waals surface area contributed by atoms with Gasteiger partial charge in [-0.05, 0) is 19.1 Å². The normalized spacial score (nSPS) is 18.1. The molecule has 1 aliphatic heterocycles. The zero-order valence-electron chi connectivity index (χ0n) is 11.3. The van der Waals surface area contributed by atoms with Crippen LogP contribution >= 0.6 is 0 Å². The van der Waals surface area contributed by atoms with Gasteiger partial charge in [-0.1, -0.05) is 0 Å². The maximum Gasteiger partial charge on any atom is 0.269 e. The molecule has 1 aromatic carbocycles. The second-order valence-corrected chi connectivity index (χ2v) is 6.70. The van der Waals surface area contributed by atoms with E-state index in [4.69, 9.17) is 0 Å². The van der Waals surface area contributed by atoms with Gasteiger partial charge in [0.25, 0.3) is 5.69 Å². The lowest BCUT2D eigenvalue weighted by Gasteiger charge is -2.30. The maximum atomic E-state index is 12.4. The van der Waals surface area contributed by atoms with Crippen molar-refractivity contribution < 1.29 is 18.2 Å². The van der Waals surface area contributed by atoms with E-state index >= 15 is 0 Å². The number of likely N-dealkylation sites (N-methyl/N-ethyl adjacent to an activating group) is 1. The van der Waals surface area contributed by atoms with Crippen molar-refractivity contribution in [2.75, 3.05) is 32.7 Å². The zero-order valence-corrected chi connectivity index (χ0v) is 12.1. The number of non-ortho nitro benzene ring substituents is 1. The first-order chi connectivity index (χ1) is 9.45. The molecule has 1 saturated heterocycles. The standard InChI is InChI=1S/C12H17N3O4S/c1-2-13-7-9-14(10-8-13)20(18,19)12-5-3-11(4-6-12)15(16)17/h3-6H,2,7-10H2,1H3/p+1. The quantitative estimate of drug-likeness (QED) is 0.600. The summed E-state index contributed by atoms with van der Waals surface area (Å²) >= 11 is 0. The third kappa shape index (κ3) is 2.97. The summed E-state index contributed by atoms with van der Waals surface area (Å²) in [7, 11) is -3.54. The molecule has 8 heteroatoms. The van der Waals surface area contributed by atoms with Crippen molar-refractivity contribution in [3.8, 4) is 0 Å². The number of quaternary nitrogens is 1. The first-order valence-electron chi connectivity index (χ1n) is 6.53. The van der Waals surface area contributed by atoms with Gasteiger partial charge in [0.2, 0.25) is 10.0 Å². The first-order valence-corrected chi connectivity index (χ1v) is 7.97. The first kappa shape index (κ1) is 14.9. The Morgan fingerprint density at radius 2 is 1.80 bits per heavy atom. The molecule has 20 heavy (non-hydrogen) atoms. The van der Waals surface area contributed by atoms with Crippen molar-refractivity contribution in [1.29, 1.82) is 0 Å². The summed E-state index contributed by atoms with van der Waals surface area (Å²) in [6.45, 7) is 5.64. The molecule has 7 nitrogen and oxygen atoms in total. The molecule has 1 aliphatic rings. The van der Waals surface area contributed by atoms with E-state index < -0.39 is 14.9 Å². The summed E-state index contributed by atoms with van der Waals surface area (Å²) in [5.74, 6) is 0. The molecule has 1 aromatic rings. The minimum absolute atomic E-state index is 0.107. The van der Waals surface area contributed by atoms with Crippen LogP contribution in [0.2, 0.25) is 0 Å². The third-order valence-corrected chi connectivity index (χ3v) is 5.53. The maximum absolute atomic E-state index is 12.4. The molecule has 1 heterocycles. The molecule has 1 N–H and O–H groups in total. The van der Waals surface area contributed by atoms with Gasteiger partial charge in [0.15, 0.2) is 0 Å². The summed E-state index contributed by atoms with van der Waals surface area (Å²) in [5, 5.41) is 10.6. The highest BCUT2D eigenvalue weighted by Crippen LogP contribution is 2.19. The smallest absolute Gasteiger partial charge is 0.269 e. The summed E-state index contributed by atoms with van der Waals surface area (Å²) in [5.41, 5.74) is -0.107. The summed E-state index contributed by atoms with van der Waals surface area (Å²) < 4.78 is 26.3. The van der Waals surface area contributed by atoms with Crippen LogP contribution < -0.4 is 4.90 Å². The van der Waals surface area contributed by atoms with Gasteiger partial charge >= 0.3 is 0 Å². The van der Waals surface area contributed by atoms with E-state index in [0.717, 1.165) is 19.6 Å². The molecule has 0 aromatic heterocycles. The lowest BCUT2D eigenvalue weighted by atomic mass is 10.3. The number of rotatable bonds is 4. The Morgan fingerprint density at radius 1 is 1.25 bits per heavy atom. The fraction of sp³-hybridized carbons (Fsp3) is 0.500. The fourth-order valence-electron chi connectivity index (χ4n) is 2.29. The van der Waals surface area contributed by atoms with Gasteiger partial charge in [-0.3, -0.25) is 10.1 Å². The molecule has 110 valence electrons. The van der Waals surface area contributed by atoms with Crippen molar-refractivity contribution in [3.63, 3.8) is 0 Å². The lowest BCUT2D eigenvalue weighted by molar-refractivity contribution is -0.901. The van der Waals surface area contributed by atoms with Gasteiger partial charge in [0, 0.05) is 12.1 Å². The van der Waals surface area contributed by atoms with Gasteiger partial charge in [0.05, 0.1) is 42.5 Å². The Kier molecular flexibility index (Phi) is 4.36. The summed E-state index contributed by atoms with van der Waals surface area (Å²) in [6, 6.07) is 5.04. The van der Waals surface area contributed by atoms with E-state index in [2.05, 4.69) is 6.92 Å². The number of nitro groups is 1. The molecule has 0 aliphatic carbocycles. The minimum Gasteiger partial charge on any atom is -0.333 e. The molecule has 0 saturated carbocycles. The van der Waals surface area contributed by atoms with Gasteiger partial charge in [-0.25, -0.2) is 8.42 Å². The van der Waals surface area contributed by atoms with Crippen LogP contribution in [0.3, 0.4) is 0 Å². The molecule has 0 radical (unpaired) electrons. The second kappa shape index (κ2) is 5.86. The van der Waals surface area contributed by atoms with Crippen LogP contribution in [0.15, 0.2) is 29.2 Å². The monoisotopic (exact) mass is 300 g/mol. The lowest BCUT2D eigenvalue weighted by Crippen LogP contribution is -3.14. The number of hydrogen-bond donors (Lipinski definition) is 1. The molecule has 0 bridgehead atoms. The molecule has 0 atom stereocenters. The van der Waals surface area contributed by atoms with E-state index in [0.29, 0.717) is 13.1 Å². The van der Waals surface area contributed by atoms with Crippen molar-refractivity contribution in [2.24, 2.45) is 0 Å². The minimum atomic E-state index is -3.54. The zero-order chi connectivity index (χ0) is 14.8. The van der Waals surface area contributed by atoms with Crippen LogP contribution in [0, 0.1) is 10.1 Å². The average Bonchev–Trinajstić information content (AvgIpc) is 2.47. The average molecular weight is 300 g/mol. The Hall–Kier alpha value is -1.51. The van der Waals surface area contributed by atoms with Gasteiger partial charge in [-0.15, -0.1) is 0 Å². The van der Waals surface area contributed by atoms with E-state index in [1.165, 1.54) is 33.5 Å². The van der Waals surface area contributed by atoms with Crippen LogP contribution in [0.4, 0.5) is 5.69 Å². The van der Waals surface area contributed by atoms with Crippen LogP contribution in [-0.4, -0.2) is 50.4 Å². The van der Waals surface area contributed by atoms with E-state index in [1.807, 2.05) is 0 Å². The highest BCUT2D eigenvalue weighted by atomic mass is 32.2. The molecule has 1 fully saturated rings. The highest BCUT2D eigenvalue weighted by molar-refractivity contribution is 7.89. The van der Waals surface area contributed by atoms with Crippen LogP contribution in [-0.2, 0) is 10.0 Å². The fourth-order valence-corrected chi connectivity index (χ4v) is 3.73. The predicted molar refractivity (Wildman–Crippen MR) is 73.1 cm³/mol. The number of sulfonamides is 1. The molecular formula is C12H18N3O4S+. The molecule has 0 amide bonds. The second-order valence-electron chi connectivity index (χ2n) is 4.76. The SMILES string of the molecule is CC[NH+]1CCN(S(=O)(=O)c2ccc([N+](=O)[O-])cc2)CC1. The van der Waals surface area contributed by atoms with Crippen molar-refractivity contribution in [3.05, 3.63) is 34.4 Å². The predicted octanol–water partition coefficient (Wildman–Crippen LogP) is -0.496. The van der Waals surface area contributed by atoms with Crippen LogP contribution in [0.5, 0.6) is 0 Å². The Bertz CT molecular complexity index is 577.